The van der Waals surface area contributed by atoms with E-state index in [0.717, 1.165) is 37.7 Å². The highest BCUT2D eigenvalue weighted by Crippen LogP contribution is 2.10. The number of amides is 2. The molecule has 31 heavy (non-hydrogen) atoms. The highest BCUT2D eigenvalue weighted by Gasteiger charge is 2.29. The summed E-state index contributed by atoms with van der Waals surface area (Å²) in [5, 5.41) is 5.33. The summed E-state index contributed by atoms with van der Waals surface area (Å²) < 4.78 is 10.1. The Bertz CT molecular complexity index is 690. The number of carbonyl (C=O) groups excluding carboxylic acids is 3. The van der Waals surface area contributed by atoms with Crippen molar-refractivity contribution in [1.82, 2.24) is 10.6 Å². The quantitative estimate of drug-likeness (QED) is 0.262. The summed E-state index contributed by atoms with van der Waals surface area (Å²) in [6.07, 6.45) is 6.50. The van der Waals surface area contributed by atoms with E-state index in [1.54, 1.807) is 0 Å². The third-order valence-electron chi connectivity index (χ3n) is 4.89. The number of hydrogen-bond acceptors (Lipinski definition) is 5. The topological polar surface area (TPSA) is 93.7 Å². The molecule has 0 fully saturated rings. The standard InChI is InChI=1S/C24H36N2O5/c1-5-6-7-8-9-13-16-20(23(28)30-4)25-22(27)21(18(2)3)26-24(29)31-17-19-14-11-10-12-15-19/h5,10-12,14-15,18,20-21H,1,6-9,13,16-17H2,2-4H3,(H,25,27)(H,26,29)/t20-,21+/m1/s1. The maximum atomic E-state index is 12.8. The molecule has 2 N–H and O–H groups in total. The molecule has 2 atom stereocenters. The van der Waals surface area contributed by atoms with E-state index in [-0.39, 0.29) is 12.5 Å². The molecule has 0 aliphatic rings. The molecule has 0 spiro atoms. The zero-order valence-electron chi connectivity index (χ0n) is 18.9. The van der Waals surface area contributed by atoms with Gasteiger partial charge in [-0.25, -0.2) is 9.59 Å². The van der Waals surface area contributed by atoms with E-state index in [0.29, 0.717) is 6.42 Å². The van der Waals surface area contributed by atoms with E-state index in [2.05, 4.69) is 17.2 Å². The average molecular weight is 433 g/mol. The molecule has 0 saturated heterocycles. The molecule has 1 rings (SSSR count). The van der Waals surface area contributed by atoms with Crippen LogP contribution in [0.3, 0.4) is 0 Å². The van der Waals surface area contributed by atoms with Gasteiger partial charge in [0.2, 0.25) is 5.91 Å². The van der Waals surface area contributed by atoms with Crippen LogP contribution in [0.2, 0.25) is 0 Å². The summed E-state index contributed by atoms with van der Waals surface area (Å²) in [5.41, 5.74) is 0.849. The van der Waals surface area contributed by atoms with E-state index < -0.39 is 30.1 Å². The lowest BCUT2D eigenvalue weighted by atomic mass is 10.0. The van der Waals surface area contributed by atoms with Gasteiger partial charge in [-0.1, -0.05) is 69.5 Å². The molecular formula is C24H36N2O5. The zero-order valence-corrected chi connectivity index (χ0v) is 18.9. The van der Waals surface area contributed by atoms with Crippen LogP contribution in [0, 0.1) is 5.92 Å². The van der Waals surface area contributed by atoms with Crippen molar-refractivity contribution in [3.8, 4) is 0 Å². The fourth-order valence-electron chi connectivity index (χ4n) is 3.07. The van der Waals surface area contributed by atoms with E-state index >= 15 is 0 Å². The van der Waals surface area contributed by atoms with Crippen LogP contribution in [-0.4, -0.2) is 37.2 Å². The van der Waals surface area contributed by atoms with Crippen molar-refractivity contribution in [3.05, 3.63) is 48.6 Å². The number of rotatable bonds is 14. The summed E-state index contributed by atoms with van der Waals surface area (Å²) in [5.74, 6) is -1.12. The van der Waals surface area contributed by atoms with Gasteiger partial charge in [-0.2, -0.15) is 0 Å². The predicted octanol–water partition coefficient (Wildman–Crippen LogP) is 4.12. The average Bonchev–Trinajstić information content (AvgIpc) is 2.77. The van der Waals surface area contributed by atoms with Crippen molar-refractivity contribution in [3.63, 3.8) is 0 Å². The number of hydrogen-bond donors (Lipinski definition) is 2. The maximum Gasteiger partial charge on any atom is 0.408 e. The van der Waals surface area contributed by atoms with Gasteiger partial charge < -0.3 is 20.1 Å². The fraction of sp³-hybridized carbons (Fsp3) is 0.542. The molecule has 0 heterocycles. The van der Waals surface area contributed by atoms with Crippen LogP contribution < -0.4 is 10.6 Å². The molecule has 0 aromatic heterocycles. The van der Waals surface area contributed by atoms with E-state index in [1.807, 2.05) is 50.3 Å². The van der Waals surface area contributed by atoms with Crippen molar-refractivity contribution < 1.29 is 23.9 Å². The van der Waals surface area contributed by atoms with Gasteiger partial charge >= 0.3 is 12.1 Å². The third-order valence-corrected chi connectivity index (χ3v) is 4.89. The number of nitrogens with one attached hydrogen (secondary N) is 2. The minimum atomic E-state index is -0.831. The van der Waals surface area contributed by atoms with Crippen molar-refractivity contribution in [2.75, 3.05) is 7.11 Å². The van der Waals surface area contributed by atoms with E-state index in [4.69, 9.17) is 9.47 Å². The highest BCUT2D eigenvalue weighted by atomic mass is 16.5. The first kappa shape index (κ1) is 26.2. The Kier molecular flexibility index (Phi) is 12.7. The first-order chi connectivity index (χ1) is 14.9. The zero-order chi connectivity index (χ0) is 23.1. The minimum absolute atomic E-state index is 0.107. The lowest BCUT2D eigenvalue weighted by Gasteiger charge is -2.24. The van der Waals surface area contributed by atoms with Crippen molar-refractivity contribution >= 4 is 18.0 Å². The second-order valence-corrected chi connectivity index (χ2v) is 7.79. The van der Waals surface area contributed by atoms with Crippen LogP contribution in [-0.2, 0) is 25.7 Å². The molecule has 0 saturated carbocycles. The number of allylic oxidation sites excluding steroid dienone is 1. The lowest BCUT2D eigenvalue weighted by Crippen LogP contribution is -2.53. The van der Waals surface area contributed by atoms with Crippen LogP contribution >= 0.6 is 0 Å². The Balaban J connectivity index is 2.59. The highest BCUT2D eigenvalue weighted by molar-refractivity contribution is 5.89. The molecule has 1 aromatic rings. The number of benzene rings is 1. The summed E-state index contributed by atoms with van der Waals surface area (Å²) >= 11 is 0. The number of methoxy groups -OCH3 is 1. The molecule has 0 aliphatic heterocycles. The SMILES string of the molecule is C=CCCCCCC[C@@H](NC(=O)[C@@H](NC(=O)OCc1ccccc1)C(C)C)C(=O)OC. The largest absolute Gasteiger partial charge is 0.467 e. The normalized spacial score (nSPS) is 12.5. The number of esters is 1. The Morgan fingerprint density at radius 2 is 1.71 bits per heavy atom. The Hall–Kier alpha value is -2.83. The number of carbonyl (C=O) groups is 3. The molecule has 0 aliphatic carbocycles. The van der Waals surface area contributed by atoms with E-state index in [1.165, 1.54) is 7.11 Å². The summed E-state index contributed by atoms with van der Waals surface area (Å²) in [6, 6.07) is 7.70. The Morgan fingerprint density at radius 3 is 2.32 bits per heavy atom. The molecule has 0 radical (unpaired) electrons. The summed E-state index contributed by atoms with van der Waals surface area (Å²) in [7, 11) is 1.30. The smallest absolute Gasteiger partial charge is 0.408 e. The maximum absolute atomic E-state index is 12.8. The molecular weight excluding hydrogens is 396 g/mol. The summed E-state index contributed by atoms with van der Waals surface area (Å²) in [4.78, 5) is 37.1. The summed E-state index contributed by atoms with van der Waals surface area (Å²) in [6.45, 7) is 7.44. The molecule has 172 valence electrons. The van der Waals surface area contributed by atoms with Crippen molar-refractivity contribution in [2.24, 2.45) is 5.92 Å². The van der Waals surface area contributed by atoms with Crippen LogP contribution in [0.5, 0.6) is 0 Å². The minimum Gasteiger partial charge on any atom is -0.467 e. The van der Waals surface area contributed by atoms with Crippen molar-refractivity contribution in [2.45, 2.75) is 71.1 Å². The van der Waals surface area contributed by atoms with Crippen LogP contribution in [0.25, 0.3) is 0 Å². The third kappa shape index (κ3) is 10.7. The number of ether oxygens (including phenoxy) is 2. The van der Waals surface area contributed by atoms with Gasteiger partial charge in [0.1, 0.15) is 18.7 Å². The van der Waals surface area contributed by atoms with Crippen LogP contribution in [0.4, 0.5) is 4.79 Å². The fourth-order valence-corrected chi connectivity index (χ4v) is 3.07. The van der Waals surface area contributed by atoms with Gasteiger partial charge in [0.05, 0.1) is 7.11 Å². The molecule has 7 nitrogen and oxygen atoms in total. The number of unbranched alkanes of at least 4 members (excludes halogenated alkanes) is 4. The molecule has 7 heteroatoms. The van der Waals surface area contributed by atoms with Gasteiger partial charge in [0, 0.05) is 0 Å². The van der Waals surface area contributed by atoms with E-state index in [9.17, 15) is 14.4 Å². The monoisotopic (exact) mass is 432 g/mol. The Labute approximate surface area is 185 Å². The van der Waals surface area contributed by atoms with Crippen LogP contribution in [0.1, 0.15) is 57.9 Å². The molecule has 2 amide bonds. The van der Waals surface area contributed by atoms with Gasteiger partial charge in [0.15, 0.2) is 0 Å². The second-order valence-electron chi connectivity index (χ2n) is 7.79. The first-order valence-corrected chi connectivity index (χ1v) is 10.8. The molecule has 0 bridgehead atoms. The molecule has 0 unspecified atom stereocenters. The van der Waals surface area contributed by atoms with Gasteiger partial charge in [-0.05, 0) is 30.7 Å². The predicted molar refractivity (Wildman–Crippen MR) is 120 cm³/mol. The van der Waals surface area contributed by atoms with Gasteiger partial charge in [0.25, 0.3) is 0 Å². The number of alkyl carbamates (subject to hydrolysis) is 1. The van der Waals surface area contributed by atoms with Crippen LogP contribution in [0.15, 0.2) is 43.0 Å². The van der Waals surface area contributed by atoms with Gasteiger partial charge in [-0.3, -0.25) is 4.79 Å². The second kappa shape index (κ2) is 15.0. The van der Waals surface area contributed by atoms with Crippen molar-refractivity contribution in [1.29, 1.82) is 0 Å². The Morgan fingerprint density at radius 1 is 1.03 bits per heavy atom. The molecule has 1 aromatic carbocycles. The van der Waals surface area contributed by atoms with Gasteiger partial charge in [-0.15, -0.1) is 6.58 Å². The first-order valence-electron chi connectivity index (χ1n) is 10.8. The lowest BCUT2D eigenvalue weighted by molar-refractivity contribution is -0.145.